The van der Waals surface area contributed by atoms with Gasteiger partial charge in [-0.3, -0.25) is 4.79 Å². The highest BCUT2D eigenvalue weighted by molar-refractivity contribution is 6.33. The normalized spacial score (nSPS) is 20.2. The van der Waals surface area contributed by atoms with Crippen molar-refractivity contribution in [1.82, 2.24) is 0 Å². The molecule has 0 radical (unpaired) electrons. The number of likely N-dealkylation sites (tertiary alicyclic amines) is 1. The maximum atomic E-state index is 13.2. The third-order valence-electron chi connectivity index (χ3n) is 7.38. The van der Waals surface area contributed by atoms with E-state index in [-0.39, 0.29) is 11.7 Å². The van der Waals surface area contributed by atoms with Gasteiger partial charge in [-0.15, -0.1) is 0 Å². The third-order valence-corrected chi connectivity index (χ3v) is 7.71. The van der Waals surface area contributed by atoms with Gasteiger partial charge in [-0.1, -0.05) is 84.4 Å². The molecule has 4 nitrogen and oxygen atoms in total. The van der Waals surface area contributed by atoms with E-state index in [4.69, 9.17) is 17.0 Å². The van der Waals surface area contributed by atoms with E-state index in [1.54, 1.807) is 12.1 Å². The van der Waals surface area contributed by atoms with Gasteiger partial charge in [0.25, 0.3) is 0 Å². The molecule has 2 atom stereocenters. The number of carbonyl (C=O) groups excluding carboxylic acids is 1. The van der Waals surface area contributed by atoms with Gasteiger partial charge in [0.1, 0.15) is 0 Å². The Morgan fingerprint density at radius 1 is 1.00 bits per heavy atom. The van der Waals surface area contributed by atoms with Crippen LogP contribution in [0.2, 0.25) is 5.02 Å². The van der Waals surface area contributed by atoms with E-state index in [0.29, 0.717) is 17.0 Å². The summed E-state index contributed by atoms with van der Waals surface area (Å²) in [6, 6.07) is 26.8. The first-order valence-corrected chi connectivity index (χ1v) is 12.2. The van der Waals surface area contributed by atoms with Gasteiger partial charge in [0, 0.05) is 30.7 Å². The van der Waals surface area contributed by atoms with E-state index in [0.717, 1.165) is 48.1 Å². The van der Waals surface area contributed by atoms with Gasteiger partial charge >= 0.3 is 0 Å². The van der Waals surface area contributed by atoms with Crippen molar-refractivity contribution < 1.29 is 14.4 Å². The van der Waals surface area contributed by atoms with Gasteiger partial charge in [0.05, 0.1) is 37.1 Å². The lowest BCUT2D eigenvalue weighted by Gasteiger charge is -2.43. The molecule has 0 saturated carbocycles. The molecule has 0 bridgehead atoms. The first-order chi connectivity index (χ1) is 16.4. The smallest absolute Gasteiger partial charge is 0.164 e. The van der Waals surface area contributed by atoms with Gasteiger partial charge < -0.3 is 15.0 Å². The van der Waals surface area contributed by atoms with Crippen LogP contribution in [0.1, 0.15) is 40.7 Å². The summed E-state index contributed by atoms with van der Waals surface area (Å²) >= 11 is 6.19. The highest BCUT2D eigenvalue weighted by atomic mass is 35.5. The summed E-state index contributed by atoms with van der Waals surface area (Å²) in [5, 5.41) is 22.1. The Balaban J connectivity index is 1.55. The zero-order valence-electron chi connectivity index (χ0n) is 19.5. The Morgan fingerprint density at radius 3 is 2.12 bits per heavy atom. The number of hydrogen-bond donors (Lipinski definition) is 1. The van der Waals surface area contributed by atoms with Crippen LogP contribution in [0.4, 0.5) is 0 Å². The maximum absolute atomic E-state index is 13.2. The summed E-state index contributed by atoms with van der Waals surface area (Å²) in [5.74, 6) is -0.485. The largest absolute Gasteiger partial charge is 0.861 e. The average Bonchev–Trinajstić information content (AvgIpc) is 3.23. The molecular formula is C29H31ClN2O2. The number of halogens is 1. The van der Waals surface area contributed by atoms with E-state index in [1.165, 1.54) is 0 Å². The number of carbonyl (C=O) groups is 1. The number of nitrogens with zero attached hydrogens (tertiary/aromatic N) is 1. The van der Waals surface area contributed by atoms with Crippen LogP contribution in [0.5, 0.6) is 0 Å². The molecule has 1 fully saturated rings. The summed E-state index contributed by atoms with van der Waals surface area (Å²) in [6.07, 6.45) is 2.05. The van der Waals surface area contributed by atoms with Crippen molar-refractivity contribution in [2.75, 3.05) is 26.7 Å². The molecule has 1 aliphatic rings. The molecular weight excluding hydrogens is 444 g/mol. The van der Waals surface area contributed by atoms with Crippen LogP contribution in [0, 0.1) is 11.3 Å². The number of Topliss-reactive ketones (excluding diaryl/α,β-unsaturated/α-hetero) is 1. The summed E-state index contributed by atoms with van der Waals surface area (Å²) < 4.78 is 0.787. The molecule has 3 aromatic carbocycles. The Morgan fingerprint density at radius 2 is 1.56 bits per heavy atom. The minimum Gasteiger partial charge on any atom is -0.861 e. The van der Waals surface area contributed by atoms with Crippen LogP contribution in [0.25, 0.3) is 0 Å². The second-order valence-electron chi connectivity index (χ2n) is 9.61. The molecule has 3 aromatic rings. The first kappa shape index (κ1) is 24.2. The lowest BCUT2D eigenvalue weighted by molar-refractivity contribution is -0.899. The first-order valence-electron chi connectivity index (χ1n) is 11.9. The molecule has 176 valence electrons. The second-order valence-corrected chi connectivity index (χ2v) is 10.0. The van der Waals surface area contributed by atoms with E-state index >= 15 is 0 Å². The molecule has 1 saturated heterocycles. The van der Waals surface area contributed by atoms with Crippen LogP contribution < -0.4 is 5.11 Å². The fourth-order valence-corrected chi connectivity index (χ4v) is 5.91. The Bertz CT molecular complexity index is 1110. The van der Waals surface area contributed by atoms with Gasteiger partial charge in [-0.05, 0) is 29.2 Å². The Hall–Kier alpha value is -2.95. The van der Waals surface area contributed by atoms with Crippen molar-refractivity contribution in [3.8, 4) is 0 Å². The molecule has 0 spiro atoms. The summed E-state index contributed by atoms with van der Waals surface area (Å²) in [4.78, 5) is 12.7. The third kappa shape index (κ3) is 4.66. The van der Waals surface area contributed by atoms with Crippen molar-refractivity contribution in [3.63, 3.8) is 0 Å². The minimum atomic E-state index is -0.994. The number of nitrogens with one attached hydrogen (secondary N) is 1. The number of quaternary nitrogens is 1. The topological polar surface area (TPSA) is 64.0 Å². The lowest BCUT2D eigenvalue weighted by atomic mass is 9.65. The summed E-state index contributed by atoms with van der Waals surface area (Å²) in [5.41, 5.74) is 1.35. The molecule has 1 unspecified atom stereocenters. The van der Waals surface area contributed by atoms with Crippen LogP contribution >= 0.6 is 11.6 Å². The maximum Gasteiger partial charge on any atom is 0.164 e. The molecule has 1 heterocycles. The minimum absolute atomic E-state index is 0.00608. The molecule has 1 aliphatic heterocycles. The number of benzene rings is 3. The SMILES string of the molecule is C[N+]1(CCCC(=O)c2ccccc2Cl)CC[C@@H](C(C(=N)[O-])(c2ccccc2)c2ccccc2)C1. The van der Waals surface area contributed by atoms with Gasteiger partial charge in [0.15, 0.2) is 5.78 Å². The molecule has 1 N–H and O–H groups in total. The van der Waals surface area contributed by atoms with E-state index in [9.17, 15) is 9.90 Å². The van der Waals surface area contributed by atoms with Crippen molar-refractivity contribution in [2.45, 2.75) is 24.7 Å². The second kappa shape index (κ2) is 10.1. The fraction of sp³-hybridized carbons (Fsp3) is 0.310. The van der Waals surface area contributed by atoms with Crippen molar-refractivity contribution >= 4 is 23.3 Å². The van der Waals surface area contributed by atoms with Crippen LogP contribution in [0.3, 0.4) is 0 Å². The number of rotatable bonds is 9. The molecule has 34 heavy (non-hydrogen) atoms. The molecule has 4 rings (SSSR count). The van der Waals surface area contributed by atoms with Gasteiger partial charge in [-0.2, -0.15) is 0 Å². The predicted octanol–water partition coefficient (Wildman–Crippen LogP) is 5.09. The van der Waals surface area contributed by atoms with E-state index in [2.05, 4.69) is 7.05 Å². The highest BCUT2D eigenvalue weighted by Crippen LogP contribution is 2.45. The summed E-state index contributed by atoms with van der Waals surface area (Å²) in [6.45, 7) is 2.55. The van der Waals surface area contributed by atoms with Crippen LogP contribution in [-0.2, 0) is 5.41 Å². The zero-order chi connectivity index (χ0) is 24.2. The quantitative estimate of drug-likeness (QED) is 0.203. The highest BCUT2D eigenvalue weighted by Gasteiger charge is 2.49. The van der Waals surface area contributed by atoms with E-state index < -0.39 is 11.3 Å². The molecule has 0 aliphatic carbocycles. The fourth-order valence-electron chi connectivity index (χ4n) is 5.67. The molecule has 5 heteroatoms. The number of hydrogen-bond acceptors (Lipinski definition) is 3. The van der Waals surface area contributed by atoms with Crippen molar-refractivity contribution in [2.24, 2.45) is 5.92 Å². The van der Waals surface area contributed by atoms with Gasteiger partial charge in [-0.25, -0.2) is 0 Å². The number of ketones is 1. The van der Waals surface area contributed by atoms with E-state index in [1.807, 2.05) is 72.8 Å². The standard InChI is InChI=1S/C29H31ClN2O2/c1-32(19-10-17-27(33)25-15-8-9-16-26(25)30)20-18-24(21-32)29(28(31)34,22-11-4-2-5-12-22)23-13-6-3-7-14-23/h2-9,11-16,24H,10,17-21H2,1H3,(H-,31,34)/t24-,32?/m1/s1. The molecule has 0 amide bonds. The Labute approximate surface area is 206 Å². The monoisotopic (exact) mass is 474 g/mol. The zero-order valence-corrected chi connectivity index (χ0v) is 20.3. The predicted molar refractivity (Wildman–Crippen MR) is 135 cm³/mol. The lowest BCUT2D eigenvalue weighted by Crippen LogP contribution is -2.52. The van der Waals surface area contributed by atoms with Gasteiger partial charge in [0.2, 0.25) is 0 Å². The molecule has 0 aromatic heterocycles. The van der Waals surface area contributed by atoms with Crippen molar-refractivity contribution in [3.05, 3.63) is 107 Å². The average molecular weight is 475 g/mol. The van der Waals surface area contributed by atoms with Crippen molar-refractivity contribution in [1.29, 1.82) is 5.41 Å². The van der Waals surface area contributed by atoms with Crippen LogP contribution in [-0.4, -0.2) is 42.8 Å². The van der Waals surface area contributed by atoms with Crippen LogP contribution in [0.15, 0.2) is 84.9 Å². The summed E-state index contributed by atoms with van der Waals surface area (Å²) in [7, 11) is 2.20. The Kier molecular flexibility index (Phi) is 7.20.